The van der Waals surface area contributed by atoms with Crippen LogP contribution >= 0.6 is 0 Å². The third-order valence-electron chi connectivity index (χ3n) is 3.36. The monoisotopic (exact) mass is 248 g/mol. The van der Waals surface area contributed by atoms with Gasteiger partial charge in [0.2, 0.25) is 5.91 Å². The lowest BCUT2D eigenvalue weighted by atomic mass is 9.80. The normalized spacial score (nSPS) is 22.4. The highest BCUT2D eigenvalue weighted by Crippen LogP contribution is 2.35. The van der Waals surface area contributed by atoms with Crippen LogP contribution in [0.1, 0.15) is 18.9 Å². The van der Waals surface area contributed by atoms with Crippen LogP contribution in [0.4, 0.5) is 10.5 Å². The van der Waals surface area contributed by atoms with Crippen LogP contribution in [0.5, 0.6) is 0 Å². The minimum Gasteiger partial charge on any atom is -0.453 e. The molecular formula is C13H16N2O3. The Balaban J connectivity index is 2.38. The number of rotatable bonds is 2. The van der Waals surface area contributed by atoms with Crippen molar-refractivity contribution in [1.82, 2.24) is 5.32 Å². The topological polar surface area (TPSA) is 67.4 Å². The number of ether oxygens (including phenoxy) is 1. The number of carbonyl (C=O) groups excluding carboxylic acids is 2. The van der Waals surface area contributed by atoms with E-state index < -0.39 is 11.5 Å². The van der Waals surface area contributed by atoms with Crippen LogP contribution in [0.25, 0.3) is 0 Å². The number of anilines is 1. The zero-order valence-corrected chi connectivity index (χ0v) is 10.4. The molecule has 0 spiro atoms. The Morgan fingerprint density at radius 2 is 2.17 bits per heavy atom. The molecule has 5 heteroatoms. The second-order valence-electron chi connectivity index (χ2n) is 4.50. The second-order valence-corrected chi connectivity index (χ2v) is 4.50. The fourth-order valence-electron chi connectivity index (χ4n) is 2.23. The van der Waals surface area contributed by atoms with E-state index in [0.717, 1.165) is 5.56 Å². The molecule has 1 saturated heterocycles. The predicted octanol–water partition coefficient (Wildman–Crippen LogP) is 1.64. The summed E-state index contributed by atoms with van der Waals surface area (Å²) < 4.78 is 4.58. The lowest BCUT2D eigenvalue weighted by Gasteiger charge is -2.24. The molecule has 1 fully saturated rings. The Morgan fingerprint density at radius 1 is 1.44 bits per heavy atom. The van der Waals surface area contributed by atoms with Gasteiger partial charge >= 0.3 is 6.09 Å². The molecule has 1 aliphatic rings. The number of hydrogen-bond acceptors (Lipinski definition) is 3. The quantitative estimate of drug-likeness (QED) is 0.836. The molecule has 0 radical (unpaired) electrons. The van der Waals surface area contributed by atoms with Crippen molar-refractivity contribution in [3.05, 3.63) is 29.8 Å². The maximum Gasteiger partial charge on any atom is 0.411 e. The van der Waals surface area contributed by atoms with Gasteiger partial charge in [0, 0.05) is 12.2 Å². The zero-order valence-electron chi connectivity index (χ0n) is 10.4. The predicted molar refractivity (Wildman–Crippen MR) is 67.4 cm³/mol. The minimum absolute atomic E-state index is 0.0124. The van der Waals surface area contributed by atoms with Crippen molar-refractivity contribution in [1.29, 1.82) is 0 Å². The van der Waals surface area contributed by atoms with Gasteiger partial charge in [0.15, 0.2) is 0 Å². The van der Waals surface area contributed by atoms with Gasteiger partial charge in [-0.15, -0.1) is 0 Å². The van der Waals surface area contributed by atoms with Gasteiger partial charge in [-0.1, -0.05) is 18.2 Å². The summed E-state index contributed by atoms with van der Waals surface area (Å²) in [4.78, 5) is 23.2. The van der Waals surface area contributed by atoms with Crippen LogP contribution in [0.2, 0.25) is 0 Å². The van der Waals surface area contributed by atoms with E-state index in [1.807, 2.05) is 25.1 Å². The van der Waals surface area contributed by atoms with Crippen molar-refractivity contribution < 1.29 is 14.3 Å². The third-order valence-corrected chi connectivity index (χ3v) is 3.36. The molecule has 0 aromatic heterocycles. The number of amides is 2. The number of nitrogens with one attached hydrogen (secondary N) is 2. The van der Waals surface area contributed by atoms with E-state index in [0.29, 0.717) is 18.7 Å². The molecule has 0 aliphatic carbocycles. The van der Waals surface area contributed by atoms with Gasteiger partial charge in [-0.05, 0) is 25.0 Å². The molecule has 0 bridgehead atoms. The highest BCUT2D eigenvalue weighted by Gasteiger charge is 2.40. The van der Waals surface area contributed by atoms with Crippen molar-refractivity contribution in [3.63, 3.8) is 0 Å². The van der Waals surface area contributed by atoms with Gasteiger partial charge in [-0.2, -0.15) is 0 Å². The average molecular weight is 248 g/mol. The Hall–Kier alpha value is -2.04. The number of methoxy groups -OCH3 is 1. The van der Waals surface area contributed by atoms with E-state index in [2.05, 4.69) is 15.4 Å². The van der Waals surface area contributed by atoms with Gasteiger partial charge in [0.1, 0.15) is 0 Å². The third kappa shape index (κ3) is 2.03. The highest BCUT2D eigenvalue weighted by molar-refractivity contribution is 5.94. The van der Waals surface area contributed by atoms with Crippen LogP contribution in [0.3, 0.4) is 0 Å². The van der Waals surface area contributed by atoms with Gasteiger partial charge in [0.05, 0.1) is 12.5 Å². The molecule has 1 unspecified atom stereocenters. The van der Waals surface area contributed by atoms with Crippen molar-refractivity contribution in [2.45, 2.75) is 18.8 Å². The van der Waals surface area contributed by atoms with Crippen molar-refractivity contribution in [2.24, 2.45) is 0 Å². The van der Waals surface area contributed by atoms with Gasteiger partial charge in [-0.3, -0.25) is 10.1 Å². The standard InChI is InChI=1S/C13H16N2O3/c1-13(7-8-14-11(13)16)9-5-3-4-6-10(9)15-12(17)18-2/h3-6H,7-8H2,1-2H3,(H,14,16)(H,15,17). The van der Waals surface area contributed by atoms with E-state index in [4.69, 9.17) is 0 Å². The summed E-state index contributed by atoms with van der Waals surface area (Å²) in [7, 11) is 1.31. The van der Waals surface area contributed by atoms with E-state index in [1.165, 1.54) is 7.11 Å². The van der Waals surface area contributed by atoms with Crippen molar-refractivity contribution in [2.75, 3.05) is 19.0 Å². The smallest absolute Gasteiger partial charge is 0.411 e. The molecule has 2 amide bonds. The van der Waals surface area contributed by atoms with Crippen molar-refractivity contribution in [3.8, 4) is 0 Å². The fourth-order valence-corrected chi connectivity index (χ4v) is 2.23. The summed E-state index contributed by atoms with van der Waals surface area (Å²) >= 11 is 0. The lowest BCUT2D eigenvalue weighted by Crippen LogP contribution is -2.33. The molecule has 2 N–H and O–H groups in total. The zero-order chi connectivity index (χ0) is 13.2. The molecule has 5 nitrogen and oxygen atoms in total. The summed E-state index contributed by atoms with van der Waals surface area (Å²) in [5.74, 6) is -0.0124. The number of benzene rings is 1. The molecule has 96 valence electrons. The lowest BCUT2D eigenvalue weighted by molar-refractivity contribution is -0.123. The summed E-state index contributed by atoms with van der Waals surface area (Å²) in [5.41, 5.74) is 0.826. The van der Waals surface area contributed by atoms with Crippen LogP contribution in [0, 0.1) is 0 Å². The first kappa shape index (κ1) is 12.4. The maximum absolute atomic E-state index is 11.9. The van der Waals surface area contributed by atoms with Crippen LogP contribution < -0.4 is 10.6 Å². The first-order chi connectivity index (χ1) is 8.58. The summed E-state index contributed by atoms with van der Waals surface area (Å²) in [6.45, 7) is 2.54. The Kier molecular flexibility index (Phi) is 3.23. The van der Waals surface area contributed by atoms with Crippen molar-refractivity contribution >= 4 is 17.7 Å². The first-order valence-electron chi connectivity index (χ1n) is 5.81. The molecule has 1 aromatic rings. The average Bonchev–Trinajstić information content (AvgIpc) is 2.71. The van der Waals surface area contributed by atoms with Gasteiger partial charge < -0.3 is 10.1 Å². The largest absolute Gasteiger partial charge is 0.453 e. The molecule has 1 aliphatic heterocycles. The SMILES string of the molecule is COC(=O)Nc1ccccc1C1(C)CCNC1=O. The molecule has 2 rings (SSSR count). The van der Waals surface area contributed by atoms with Crippen LogP contribution in [-0.2, 0) is 14.9 Å². The molecule has 18 heavy (non-hydrogen) atoms. The molecule has 1 heterocycles. The number of para-hydroxylation sites is 1. The van der Waals surface area contributed by atoms with E-state index in [-0.39, 0.29) is 5.91 Å². The maximum atomic E-state index is 11.9. The minimum atomic E-state index is -0.600. The molecule has 1 atom stereocenters. The van der Waals surface area contributed by atoms with E-state index >= 15 is 0 Å². The first-order valence-corrected chi connectivity index (χ1v) is 5.81. The second kappa shape index (κ2) is 4.68. The fraction of sp³-hybridized carbons (Fsp3) is 0.385. The van der Waals surface area contributed by atoms with E-state index in [9.17, 15) is 9.59 Å². The number of hydrogen-bond donors (Lipinski definition) is 2. The Labute approximate surface area is 106 Å². The summed E-state index contributed by atoms with van der Waals surface area (Å²) in [5, 5.41) is 5.46. The summed E-state index contributed by atoms with van der Waals surface area (Å²) in [6, 6.07) is 7.29. The summed E-state index contributed by atoms with van der Waals surface area (Å²) in [6.07, 6.45) is 0.176. The molecular weight excluding hydrogens is 232 g/mol. The molecule has 0 saturated carbocycles. The highest BCUT2D eigenvalue weighted by atomic mass is 16.5. The Bertz CT molecular complexity index is 487. The van der Waals surface area contributed by atoms with Crippen LogP contribution in [0.15, 0.2) is 24.3 Å². The molecule has 1 aromatic carbocycles. The van der Waals surface area contributed by atoms with Crippen LogP contribution in [-0.4, -0.2) is 25.7 Å². The number of carbonyl (C=O) groups is 2. The van der Waals surface area contributed by atoms with Gasteiger partial charge in [-0.25, -0.2) is 4.79 Å². The Morgan fingerprint density at radius 3 is 2.78 bits per heavy atom. The van der Waals surface area contributed by atoms with Gasteiger partial charge in [0.25, 0.3) is 0 Å². The van der Waals surface area contributed by atoms with E-state index in [1.54, 1.807) is 6.07 Å².